The van der Waals surface area contributed by atoms with E-state index in [1.165, 1.54) is 18.4 Å². The summed E-state index contributed by atoms with van der Waals surface area (Å²) >= 11 is 0. The van der Waals surface area contributed by atoms with E-state index in [4.69, 9.17) is 14.5 Å². The van der Waals surface area contributed by atoms with Crippen molar-refractivity contribution in [1.29, 1.82) is 0 Å². The van der Waals surface area contributed by atoms with Crippen LogP contribution in [-0.4, -0.2) is 45.4 Å². The van der Waals surface area contributed by atoms with Crippen LogP contribution in [-0.2, 0) is 9.47 Å². The van der Waals surface area contributed by atoms with Gasteiger partial charge in [-0.3, -0.25) is 4.99 Å². The molecule has 2 N–H and O–H groups in total. The number of ether oxygens (including phenoxy) is 2. The van der Waals surface area contributed by atoms with Crippen molar-refractivity contribution < 1.29 is 9.47 Å². The molecule has 2 aliphatic rings. The van der Waals surface area contributed by atoms with Gasteiger partial charge in [-0.05, 0) is 50.5 Å². The van der Waals surface area contributed by atoms with Crippen molar-refractivity contribution in [3.8, 4) is 0 Å². The third-order valence-corrected chi connectivity index (χ3v) is 5.21. The molecule has 1 saturated carbocycles. The Labute approximate surface area is 187 Å². The predicted molar refractivity (Wildman–Crippen MR) is 125 cm³/mol. The van der Waals surface area contributed by atoms with Gasteiger partial charge in [-0.15, -0.1) is 24.0 Å². The Kier molecular flexibility index (Phi) is 11.2. The normalized spacial score (nSPS) is 22.4. The molecule has 6 heteroatoms. The average molecular weight is 501 g/mol. The van der Waals surface area contributed by atoms with Gasteiger partial charge in [0.25, 0.3) is 0 Å². The van der Waals surface area contributed by atoms with E-state index in [0.29, 0.717) is 5.92 Å². The van der Waals surface area contributed by atoms with Gasteiger partial charge in [0, 0.05) is 45.4 Å². The molecule has 3 rings (SSSR count). The van der Waals surface area contributed by atoms with Crippen molar-refractivity contribution >= 4 is 29.9 Å². The van der Waals surface area contributed by atoms with Gasteiger partial charge in [-0.25, -0.2) is 0 Å². The summed E-state index contributed by atoms with van der Waals surface area (Å²) in [5, 5.41) is 6.79. The van der Waals surface area contributed by atoms with Crippen molar-refractivity contribution in [3.63, 3.8) is 0 Å². The topological polar surface area (TPSA) is 54.9 Å². The van der Waals surface area contributed by atoms with E-state index in [1.54, 1.807) is 0 Å². The molecule has 0 radical (unpaired) electrons. The summed E-state index contributed by atoms with van der Waals surface area (Å²) in [6.07, 6.45) is 6.15. The van der Waals surface area contributed by atoms with Crippen molar-refractivity contribution in [2.45, 2.75) is 45.1 Å². The Hall–Kier alpha value is -0.860. The van der Waals surface area contributed by atoms with Gasteiger partial charge in [0.15, 0.2) is 5.96 Å². The van der Waals surface area contributed by atoms with E-state index in [1.807, 2.05) is 0 Å². The molecule has 1 aliphatic heterocycles. The summed E-state index contributed by atoms with van der Waals surface area (Å²) in [5.74, 6) is 2.17. The number of benzene rings is 1. The second-order valence-corrected chi connectivity index (χ2v) is 7.62. The maximum atomic E-state index is 6.09. The number of hydrogen-bond acceptors (Lipinski definition) is 3. The molecule has 158 valence electrons. The second-order valence-electron chi connectivity index (χ2n) is 7.62. The van der Waals surface area contributed by atoms with Crippen LogP contribution in [0.25, 0.3) is 0 Å². The smallest absolute Gasteiger partial charge is 0.191 e. The third-order valence-electron chi connectivity index (χ3n) is 5.21. The molecule has 2 atom stereocenters. The molecule has 1 aromatic rings. The summed E-state index contributed by atoms with van der Waals surface area (Å²) in [7, 11) is 0. The molecule has 1 aliphatic carbocycles. The van der Waals surface area contributed by atoms with E-state index in [9.17, 15) is 0 Å². The molecule has 2 unspecified atom stereocenters. The lowest BCUT2D eigenvalue weighted by Crippen LogP contribution is -2.39. The van der Waals surface area contributed by atoms with Gasteiger partial charge >= 0.3 is 0 Å². The average Bonchev–Trinajstić information content (AvgIpc) is 3.54. The van der Waals surface area contributed by atoms with Gasteiger partial charge in [0.05, 0.1) is 6.10 Å². The van der Waals surface area contributed by atoms with E-state index in [-0.39, 0.29) is 30.1 Å². The molecule has 28 heavy (non-hydrogen) atoms. The molecule has 0 spiro atoms. The fourth-order valence-electron chi connectivity index (χ4n) is 3.51. The first-order chi connectivity index (χ1) is 13.4. The number of rotatable bonds is 10. The van der Waals surface area contributed by atoms with Crippen LogP contribution in [0.5, 0.6) is 0 Å². The Morgan fingerprint density at radius 1 is 1.18 bits per heavy atom. The highest BCUT2D eigenvalue weighted by Gasteiger charge is 2.27. The number of halogens is 1. The first-order valence-corrected chi connectivity index (χ1v) is 10.6. The molecular formula is C22H36IN3O2. The highest BCUT2D eigenvalue weighted by molar-refractivity contribution is 14.0. The number of hydrogen-bond donors (Lipinski definition) is 2. The summed E-state index contributed by atoms with van der Waals surface area (Å²) < 4.78 is 11.8. The Bertz CT molecular complexity index is 566. The summed E-state index contributed by atoms with van der Waals surface area (Å²) in [6, 6.07) is 10.6. The molecule has 0 aromatic heterocycles. The largest absolute Gasteiger partial charge is 0.381 e. The van der Waals surface area contributed by atoms with Crippen molar-refractivity contribution in [3.05, 3.63) is 35.9 Å². The zero-order valence-electron chi connectivity index (χ0n) is 17.1. The molecule has 0 amide bonds. The lowest BCUT2D eigenvalue weighted by molar-refractivity contribution is -0.0250. The van der Waals surface area contributed by atoms with Crippen LogP contribution in [0, 0.1) is 11.8 Å². The molecular weight excluding hydrogens is 465 g/mol. The third kappa shape index (κ3) is 8.25. The van der Waals surface area contributed by atoms with E-state index in [2.05, 4.69) is 47.9 Å². The van der Waals surface area contributed by atoms with E-state index >= 15 is 0 Å². The zero-order valence-corrected chi connectivity index (χ0v) is 19.4. The zero-order chi connectivity index (χ0) is 18.7. The minimum atomic E-state index is 0. The minimum absolute atomic E-state index is 0. The standard InChI is InChI=1S/C22H35N3O2.HI/c1-2-23-22(24-13-7-14-26-17-18-11-12-18)25-16-20-10-6-15-27-21(20)19-8-4-3-5-9-19;/h3-5,8-9,18,20-21H,2,6-7,10-17H2,1H3,(H2,23,24,25);1H. The van der Waals surface area contributed by atoms with Crippen molar-refractivity contribution in [1.82, 2.24) is 10.6 Å². The van der Waals surface area contributed by atoms with Crippen LogP contribution < -0.4 is 10.6 Å². The number of guanidine groups is 1. The van der Waals surface area contributed by atoms with Crippen LogP contribution >= 0.6 is 24.0 Å². The van der Waals surface area contributed by atoms with Gasteiger partial charge in [0.1, 0.15) is 0 Å². The van der Waals surface area contributed by atoms with Gasteiger partial charge < -0.3 is 20.1 Å². The second kappa shape index (κ2) is 13.4. The SMILES string of the molecule is CCNC(=NCC1CCCOC1c1ccccc1)NCCCOCC1CC1.I. The highest BCUT2D eigenvalue weighted by Crippen LogP contribution is 2.33. The Morgan fingerprint density at radius 3 is 2.75 bits per heavy atom. The molecule has 2 fully saturated rings. The molecule has 1 aromatic carbocycles. The van der Waals surface area contributed by atoms with Crippen LogP contribution in [0.2, 0.25) is 0 Å². The molecule has 1 heterocycles. The summed E-state index contributed by atoms with van der Waals surface area (Å²) in [6.45, 7) is 7.26. The lowest BCUT2D eigenvalue weighted by atomic mass is 9.89. The Morgan fingerprint density at radius 2 is 2.00 bits per heavy atom. The fraction of sp³-hybridized carbons (Fsp3) is 0.682. The minimum Gasteiger partial charge on any atom is -0.381 e. The van der Waals surface area contributed by atoms with Gasteiger partial charge in [-0.2, -0.15) is 0 Å². The van der Waals surface area contributed by atoms with Crippen molar-refractivity contribution in [2.24, 2.45) is 16.8 Å². The maximum Gasteiger partial charge on any atom is 0.191 e. The van der Waals surface area contributed by atoms with Gasteiger partial charge in [0.2, 0.25) is 0 Å². The van der Waals surface area contributed by atoms with Crippen LogP contribution in [0.4, 0.5) is 0 Å². The summed E-state index contributed by atoms with van der Waals surface area (Å²) in [4.78, 5) is 4.84. The predicted octanol–water partition coefficient (Wildman–Crippen LogP) is 4.14. The number of aliphatic imine (C=N–C) groups is 1. The quantitative estimate of drug-likeness (QED) is 0.219. The maximum absolute atomic E-state index is 6.09. The Balaban J connectivity index is 0.00000280. The highest BCUT2D eigenvalue weighted by atomic mass is 127. The van der Waals surface area contributed by atoms with Crippen LogP contribution in [0.15, 0.2) is 35.3 Å². The molecule has 0 bridgehead atoms. The monoisotopic (exact) mass is 501 g/mol. The van der Waals surface area contributed by atoms with E-state index in [0.717, 1.165) is 70.6 Å². The van der Waals surface area contributed by atoms with Gasteiger partial charge in [-0.1, -0.05) is 30.3 Å². The van der Waals surface area contributed by atoms with Crippen LogP contribution in [0.3, 0.4) is 0 Å². The lowest BCUT2D eigenvalue weighted by Gasteiger charge is -2.31. The molecule has 5 nitrogen and oxygen atoms in total. The molecule has 1 saturated heterocycles. The number of nitrogens with one attached hydrogen (secondary N) is 2. The first-order valence-electron chi connectivity index (χ1n) is 10.6. The number of nitrogens with zero attached hydrogens (tertiary/aromatic N) is 1. The fourth-order valence-corrected chi connectivity index (χ4v) is 3.51. The summed E-state index contributed by atoms with van der Waals surface area (Å²) in [5.41, 5.74) is 1.27. The van der Waals surface area contributed by atoms with Crippen LogP contribution in [0.1, 0.15) is 50.7 Å². The van der Waals surface area contributed by atoms with E-state index < -0.39 is 0 Å². The first kappa shape index (κ1) is 23.4. The van der Waals surface area contributed by atoms with Crippen molar-refractivity contribution in [2.75, 3.05) is 39.5 Å².